The first kappa shape index (κ1) is 32.6. The molecule has 2 fully saturated rings. The highest BCUT2D eigenvalue weighted by Gasteiger charge is 2.32. The van der Waals surface area contributed by atoms with Crippen molar-refractivity contribution in [1.82, 2.24) is 19.4 Å². The third kappa shape index (κ3) is 8.89. The number of nitrogens with one attached hydrogen (secondary N) is 1. The molecular formula is C33H40N4O7S. The van der Waals surface area contributed by atoms with Gasteiger partial charge in [-0.2, -0.15) is 4.31 Å². The Hall–Kier alpha value is -3.81. The van der Waals surface area contributed by atoms with Crippen molar-refractivity contribution in [3.8, 4) is 5.75 Å². The molecule has 0 aromatic heterocycles. The molecule has 3 aromatic rings. The molecule has 2 amide bonds. The predicted octanol–water partition coefficient (Wildman–Crippen LogP) is 2.30. The highest BCUT2D eigenvalue weighted by molar-refractivity contribution is 7.89. The lowest BCUT2D eigenvalue weighted by molar-refractivity contribution is -0.143. The number of sulfonamides is 1. The molecular weight excluding hydrogens is 596 g/mol. The summed E-state index contributed by atoms with van der Waals surface area (Å²) in [4.78, 5) is 31.6. The molecule has 11 nitrogen and oxygen atoms in total. The van der Waals surface area contributed by atoms with Gasteiger partial charge < -0.3 is 24.4 Å². The minimum Gasteiger partial charge on any atom is -0.484 e. The summed E-state index contributed by atoms with van der Waals surface area (Å²) in [6, 6.07) is 23.9. The average molecular weight is 637 g/mol. The maximum Gasteiger partial charge on any atom is 0.261 e. The minimum absolute atomic E-state index is 0.145. The van der Waals surface area contributed by atoms with Gasteiger partial charge in [0.2, 0.25) is 15.9 Å². The molecule has 2 aliphatic rings. The number of benzene rings is 3. The lowest BCUT2D eigenvalue weighted by atomic mass is 10.0. The van der Waals surface area contributed by atoms with E-state index in [1.807, 2.05) is 60.7 Å². The van der Waals surface area contributed by atoms with Crippen molar-refractivity contribution in [3.63, 3.8) is 0 Å². The van der Waals surface area contributed by atoms with Crippen molar-refractivity contribution >= 4 is 21.8 Å². The van der Waals surface area contributed by atoms with Gasteiger partial charge in [-0.05, 0) is 35.4 Å². The van der Waals surface area contributed by atoms with Crippen LogP contribution in [0.15, 0.2) is 89.8 Å². The molecule has 240 valence electrons. The Balaban J connectivity index is 1.31. The Morgan fingerprint density at radius 3 is 2.07 bits per heavy atom. The molecule has 0 unspecified atom stereocenters. The fraction of sp³-hybridized carbons (Fsp3) is 0.394. The normalized spacial score (nSPS) is 16.9. The van der Waals surface area contributed by atoms with E-state index in [4.69, 9.17) is 14.2 Å². The first-order valence-corrected chi connectivity index (χ1v) is 16.6. The van der Waals surface area contributed by atoms with Crippen LogP contribution in [0.4, 0.5) is 0 Å². The Kier molecular flexibility index (Phi) is 11.6. The van der Waals surface area contributed by atoms with Crippen molar-refractivity contribution in [3.05, 3.63) is 96.1 Å². The first-order chi connectivity index (χ1) is 21.9. The summed E-state index contributed by atoms with van der Waals surface area (Å²) in [5, 5.41) is 3.05. The second-order valence-corrected chi connectivity index (χ2v) is 12.8. The van der Waals surface area contributed by atoms with Crippen LogP contribution in [-0.2, 0) is 35.6 Å². The molecule has 0 aliphatic carbocycles. The monoisotopic (exact) mass is 636 g/mol. The van der Waals surface area contributed by atoms with E-state index in [1.54, 1.807) is 0 Å². The number of morpholine rings is 2. The largest absolute Gasteiger partial charge is 0.484 e. The van der Waals surface area contributed by atoms with Gasteiger partial charge in [0, 0.05) is 45.8 Å². The second kappa shape index (κ2) is 16.0. The van der Waals surface area contributed by atoms with E-state index in [-0.39, 0.29) is 29.9 Å². The van der Waals surface area contributed by atoms with Gasteiger partial charge in [0.1, 0.15) is 11.8 Å². The van der Waals surface area contributed by atoms with Gasteiger partial charge in [-0.15, -0.1) is 0 Å². The highest BCUT2D eigenvalue weighted by atomic mass is 32.2. The molecule has 5 rings (SSSR count). The summed E-state index contributed by atoms with van der Waals surface area (Å²) < 4.78 is 43.9. The molecule has 45 heavy (non-hydrogen) atoms. The number of nitrogens with zero attached hydrogens (tertiary/aromatic N) is 3. The maximum absolute atomic E-state index is 13.9. The van der Waals surface area contributed by atoms with E-state index in [0.717, 1.165) is 18.7 Å². The lowest BCUT2D eigenvalue weighted by Crippen LogP contribution is -2.47. The molecule has 0 saturated carbocycles. The number of rotatable bonds is 13. The van der Waals surface area contributed by atoms with E-state index >= 15 is 0 Å². The van der Waals surface area contributed by atoms with Crippen LogP contribution in [0, 0.1) is 0 Å². The SMILES string of the molecule is O=C(NCCN1CCOCC1)[C@H](c1ccccc1)N(Cc1ccccc1)C(=O)COc1ccc(S(=O)(=O)N2CCOCC2)cc1. The molecule has 0 bridgehead atoms. The van der Waals surface area contributed by atoms with Crippen LogP contribution < -0.4 is 10.1 Å². The Labute approximate surface area is 264 Å². The summed E-state index contributed by atoms with van der Waals surface area (Å²) in [6.07, 6.45) is 0. The van der Waals surface area contributed by atoms with Crippen LogP contribution in [0.25, 0.3) is 0 Å². The quantitative estimate of drug-likeness (QED) is 0.304. The summed E-state index contributed by atoms with van der Waals surface area (Å²) in [5.41, 5.74) is 1.55. The minimum atomic E-state index is -3.66. The van der Waals surface area contributed by atoms with Crippen LogP contribution >= 0.6 is 0 Å². The number of amides is 2. The average Bonchev–Trinajstić information content (AvgIpc) is 3.09. The van der Waals surface area contributed by atoms with Crippen LogP contribution in [0.3, 0.4) is 0 Å². The maximum atomic E-state index is 13.9. The summed E-state index contributed by atoms with van der Waals surface area (Å²) >= 11 is 0. The number of carbonyl (C=O) groups is 2. The van der Waals surface area contributed by atoms with Gasteiger partial charge in [-0.1, -0.05) is 60.7 Å². The van der Waals surface area contributed by atoms with Crippen LogP contribution in [-0.4, -0.2) is 107 Å². The second-order valence-electron chi connectivity index (χ2n) is 10.8. The zero-order chi connectivity index (χ0) is 31.5. The fourth-order valence-corrected chi connectivity index (χ4v) is 6.75. The van der Waals surface area contributed by atoms with Gasteiger partial charge >= 0.3 is 0 Å². The topological polar surface area (TPSA) is 118 Å². The number of hydrogen-bond acceptors (Lipinski definition) is 8. The summed E-state index contributed by atoms with van der Waals surface area (Å²) in [5.74, 6) is -0.326. The van der Waals surface area contributed by atoms with Crippen LogP contribution in [0.2, 0.25) is 0 Å². The van der Waals surface area contributed by atoms with Gasteiger partial charge in [0.25, 0.3) is 5.91 Å². The van der Waals surface area contributed by atoms with Crippen LogP contribution in [0.1, 0.15) is 17.2 Å². The third-order valence-corrected chi connectivity index (χ3v) is 9.73. The van der Waals surface area contributed by atoms with Crippen molar-refractivity contribution < 1.29 is 32.2 Å². The van der Waals surface area contributed by atoms with E-state index in [2.05, 4.69) is 10.2 Å². The first-order valence-electron chi connectivity index (χ1n) is 15.2. The van der Waals surface area contributed by atoms with Gasteiger partial charge in [0.05, 0.1) is 31.3 Å². The highest BCUT2D eigenvalue weighted by Crippen LogP contribution is 2.25. The molecule has 2 saturated heterocycles. The van der Waals surface area contributed by atoms with Gasteiger partial charge in [-0.3, -0.25) is 14.5 Å². The molecule has 12 heteroatoms. The zero-order valence-electron chi connectivity index (χ0n) is 25.3. The van der Waals surface area contributed by atoms with Gasteiger partial charge in [0.15, 0.2) is 6.61 Å². The van der Waals surface area contributed by atoms with Crippen molar-refractivity contribution in [2.24, 2.45) is 0 Å². The number of hydrogen-bond donors (Lipinski definition) is 1. The van der Waals surface area contributed by atoms with Crippen molar-refractivity contribution in [1.29, 1.82) is 0 Å². The molecule has 0 spiro atoms. The van der Waals surface area contributed by atoms with E-state index in [9.17, 15) is 18.0 Å². The molecule has 2 aliphatic heterocycles. The van der Waals surface area contributed by atoms with Crippen molar-refractivity contribution in [2.75, 3.05) is 72.3 Å². The predicted molar refractivity (Wildman–Crippen MR) is 168 cm³/mol. The zero-order valence-corrected chi connectivity index (χ0v) is 26.1. The fourth-order valence-electron chi connectivity index (χ4n) is 5.34. The summed E-state index contributed by atoms with van der Waals surface area (Å²) in [6.45, 7) is 5.26. The Morgan fingerprint density at radius 1 is 0.822 bits per heavy atom. The summed E-state index contributed by atoms with van der Waals surface area (Å²) in [7, 11) is -3.66. The molecule has 3 aromatic carbocycles. The lowest BCUT2D eigenvalue weighted by Gasteiger charge is -2.32. The van der Waals surface area contributed by atoms with Gasteiger partial charge in [-0.25, -0.2) is 8.42 Å². The third-order valence-electron chi connectivity index (χ3n) is 7.82. The molecule has 0 radical (unpaired) electrons. The smallest absolute Gasteiger partial charge is 0.261 e. The van der Waals surface area contributed by atoms with E-state index in [0.29, 0.717) is 63.9 Å². The van der Waals surface area contributed by atoms with Crippen molar-refractivity contribution in [2.45, 2.75) is 17.5 Å². The Morgan fingerprint density at radius 2 is 1.42 bits per heavy atom. The molecule has 1 atom stereocenters. The number of carbonyl (C=O) groups excluding carboxylic acids is 2. The van der Waals surface area contributed by atoms with E-state index < -0.39 is 16.1 Å². The molecule has 1 N–H and O–H groups in total. The standard InChI is InChI=1S/C33H40N4O7S/c38-31(26-44-29-11-13-30(14-12-29)45(40,41)36-19-23-43-24-20-36)37(25-27-7-3-1-4-8-27)32(28-9-5-2-6-10-28)33(39)34-15-16-35-17-21-42-22-18-35/h1-14,32H,15-26H2,(H,34,39)/t32-/m0/s1. The Bertz CT molecular complexity index is 1480. The number of ether oxygens (including phenoxy) is 3. The van der Waals surface area contributed by atoms with E-state index in [1.165, 1.54) is 33.5 Å². The molecule has 2 heterocycles. The van der Waals surface area contributed by atoms with Crippen LogP contribution in [0.5, 0.6) is 5.75 Å².